The van der Waals surface area contributed by atoms with Gasteiger partial charge in [-0.1, -0.05) is 51.0 Å². The molecule has 1 aromatic carbocycles. The van der Waals surface area contributed by atoms with E-state index in [-0.39, 0.29) is 0 Å². The molecule has 140 valence electrons. The topological polar surface area (TPSA) is 9.23 Å². The van der Waals surface area contributed by atoms with Gasteiger partial charge in [-0.15, -0.1) is 0 Å². The SMILES string of the molecule is CCCC1CCC(CCC2CCC(c3ccc(CC)cc3)CC2)CO1. The van der Waals surface area contributed by atoms with E-state index in [9.17, 15) is 0 Å². The lowest BCUT2D eigenvalue weighted by molar-refractivity contribution is -0.0236. The average Bonchev–Trinajstić information content (AvgIpc) is 2.68. The molecule has 2 unspecified atom stereocenters. The molecule has 0 bridgehead atoms. The van der Waals surface area contributed by atoms with Gasteiger partial charge in [0.2, 0.25) is 0 Å². The molecule has 3 rings (SSSR count). The van der Waals surface area contributed by atoms with E-state index in [0.29, 0.717) is 6.10 Å². The van der Waals surface area contributed by atoms with E-state index in [4.69, 9.17) is 4.74 Å². The van der Waals surface area contributed by atoms with Crippen molar-refractivity contribution in [1.29, 1.82) is 0 Å². The van der Waals surface area contributed by atoms with Gasteiger partial charge in [-0.2, -0.15) is 0 Å². The fourth-order valence-corrected chi connectivity index (χ4v) is 4.92. The highest BCUT2D eigenvalue weighted by Crippen LogP contribution is 2.38. The Morgan fingerprint density at radius 1 is 0.800 bits per heavy atom. The van der Waals surface area contributed by atoms with Crippen molar-refractivity contribution >= 4 is 0 Å². The summed E-state index contributed by atoms with van der Waals surface area (Å²) in [6.45, 7) is 5.54. The quantitative estimate of drug-likeness (QED) is 0.523. The van der Waals surface area contributed by atoms with Gasteiger partial charge in [0.05, 0.1) is 6.10 Å². The first-order chi connectivity index (χ1) is 12.3. The van der Waals surface area contributed by atoms with Crippen LogP contribution in [0.2, 0.25) is 0 Å². The summed E-state index contributed by atoms with van der Waals surface area (Å²) in [5.41, 5.74) is 3.05. The van der Waals surface area contributed by atoms with Gasteiger partial charge in [0.25, 0.3) is 0 Å². The van der Waals surface area contributed by atoms with Crippen molar-refractivity contribution in [2.45, 2.75) is 96.5 Å². The van der Waals surface area contributed by atoms with Gasteiger partial charge in [0, 0.05) is 6.61 Å². The van der Waals surface area contributed by atoms with Crippen LogP contribution in [-0.4, -0.2) is 12.7 Å². The highest BCUT2D eigenvalue weighted by atomic mass is 16.5. The van der Waals surface area contributed by atoms with Gasteiger partial charge in [0.1, 0.15) is 0 Å². The van der Waals surface area contributed by atoms with E-state index in [1.807, 2.05) is 0 Å². The molecule has 0 aromatic heterocycles. The Bertz CT molecular complexity index is 475. The lowest BCUT2D eigenvalue weighted by Gasteiger charge is -2.32. The summed E-state index contributed by atoms with van der Waals surface area (Å²) < 4.78 is 6.06. The van der Waals surface area contributed by atoms with E-state index in [2.05, 4.69) is 38.1 Å². The molecular weight excluding hydrogens is 304 g/mol. The monoisotopic (exact) mass is 342 g/mol. The van der Waals surface area contributed by atoms with Crippen LogP contribution in [-0.2, 0) is 11.2 Å². The van der Waals surface area contributed by atoms with Gasteiger partial charge < -0.3 is 4.74 Å². The predicted molar refractivity (Wildman–Crippen MR) is 107 cm³/mol. The van der Waals surface area contributed by atoms with Crippen molar-refractivity contribution < 1.29 is 4.74 Å². The zero-order valence-corrected chi connectivity index (χ0v) is 16.5. The summed E-state index contributed by atoms with van der Waals surface area (Å²) in [6, 6.07) is 9.43. The van der Waals surface area contributed by atoms with Crippen molar-refractivity contribution in [3.8, 4) is 0 Å². The Labute approximate surface area is 155 Å². The fraction of sp³-hybridized carbons (Fsp3) is 0.750. The van der Waals surface area contributed by atoms with Gasteiger partial charge in [-0.25, -0.2) is 0 Å². The van der Waals surface area contributed by atoms with Crippen LogP contribution in [0.3, 0.4) is 0 Å². The Balaban J connectivity index is 1.35. The fourth-order valence-electron chi connectivity index (χ4n) is 4.92. The van der Waals surface area contributed by atoms with E-state index >= 15 is 0 Å². The normalized spacial score (nSPS) is 30.3. The van der Waals surface area contributed by atoms with Crippen molar-refractivity contribution in [3.05, 3.63) is 35.4 Å². The first kappa shape index (κ1) is 19.0. The van der Waals surface area contributed by atoms with E-state index in [1.54, 1.807) is 5.56 Å². The Hall–Kier alpha value is -0.820. The number of ether oxygens (including phenoxy) is 1. The Morgan fingerprint density at radius 3 is 2.08 bits per heavy atom. The van der Waals surface area contributed by atoms with Crippen molar-refractivity contribution in [2.75, 3.05) is 6.61 Å². The maximum absolute atomic E-state index is 6.06. The summed E-state index contributed by atoms with van der Waals surface area (Å²) in [4.78, 5) is 0. The predicted octanol–water partition coefficient (Wildman–Crippen LogP) is 6.90. The summed E-state index contributed by atoms with van der Waals surface area (Å²) in [5, 5.41) is 0. The van der Waals surface area contributed by atoms with Gasteiger partial charge in [0.15, 0.2) is 0 Å². The highest BCUT2D eigenvalue weighted by Gasteiger charge is 2.25. The third kappa shape index (κ3) is 5.58. The zero-order chi connectivity index (χ0) is 17.5. The van der Waals surface area contributed by atoms with Crippen LogP contribution in [0.1, 0.15) is 95.1 Å². The average molecular weight is 343 g/mol. The molecule has 1 heterocycles. The minimum atomic E-state index is 0.566. The van der Waals surface area contributed by atoms with Gasteiger partial charge in [-0.05, 0) is 86.7 Å². The third-order valence-electron chi connectivity index (χ3n) is 6.76. The first-order valence-corrected chi connectivity index (χ1v) is 11.0. The maximum Gasteiger partial charge on any atom is 0.0575 e. The molecule has 1 nitrogen and oxygen atoms in total. The standard InChI is InChI=1S/C24H38O/c1-3-5-24-17-12-21(18-25-24)7-6-20-10-15-23(16-11-20)22-13-8-19(4-2)9-14-22/h8-9,13-14,20-21,23-24H,3-7,10-12,15-18H2,1-2H3. The molecule has 1 saturated heterocycles. The lowest BCUT2D eigenvalue weighted by Crippen LogP contribution is -2.26. The molecule has 0 radical (unpaired) electrons. The molecule has 1 heteroatoms. The molecule has 25 heavy (non-hydrogen) atoms. The second kappa shape index (κ2) is 9.76. The molecule has 0 N–H and O–H groups in total. The van der Waals surface area contributed by atoms with E-state index in [0.717, 1.165) is 30.8 Å². The number of benzene rings is 1. The summed E-state index contributed by atoms with van der Waals surface area (Å²) in [7, 11) is 0. The van der Waals surface area contributed by atoms with E-state index in [1.165, 1.54) is 69.8 Å². The zero-order valence-electron chi connectivity index (χ0n) is 16.5. The molecule has 1 saturated carbocycles. The van der Waals surface area contributed by atoms with Crippen LogP contribution in [0.25, 0.3) is 0 Å². The Morgan fingerprint density at radius 2 is 1.48 bits per heavy atom. The van der Waals surface area contributed by atoms with Crippen molar-refractivity contribution in [1.82, 2.24) is 0 Å². The second-order valence-electron chi connectivity index (χ2n) is 8.58. The number of aryl methyl sites for hydroxylation is 1. The summed E-state index contributed by atoms with van der Waals surface area (Å²) in [5.74, 6) is 2.63. The van der Waals surface area contributed by atoms with Crippen LogP contribution in [0, 0.1) is 11.8 Å². The minimum Gasteiger partial charge on any atom is -0.378 e. The Kier molecular flexibility index (Phi) is 7.40. The van der Waals surface area contributed by atoms with E-state index < -0.39 is 0 Å². The molecule has 0 amide bonds. The van der Waals surface area contributed by atoms with Crippen LogP contribution in [0.5, 0.6) is 0 Å². The van der Waals surface area contributed by atoms with Gasteiger partial charge in [-0.3, -0.25) is 0 Å². The highest BCUT2D eigenvalue weighted by molar-refractivity contribution is 5.25. The van der Waals surface area contributed by atoms with Crippen LogP contribution in [0.15, 0.2) is 24.3 Å². The number of hydrogen-bond acceptors (Lipinski definition) is 1. The van der Waals surface area contributed by atoms with Crippen molar-refractivity contribution in [2.24, 2.45) is 11.8 Å². The van der Waals surface area contributed by atoms with Crippen molar-refractivity contribution in [3.63, 3.8) is 0 Å². The summed E-state index contributed by atoms with van der Waals surface area (Å²) in [6.07, 6.45) is 15.5. The molecule has 0 spiro atoms. The maximum atomic E-state index is 6.06. The molecule has 2 aliphatic rings. The van der Waals surface area contributed by atoms with Crippen LogP contribution >= 0.6 is 0 Å². The first-order valence-electron chi connectivity index (χ1n) is 11.0. The molecule has 1 aliphatic carbocycles. The minimum absolute atomic E-state index is 0.566. The summed E-state index contributed by atoms with van der Waals surface area (Å²) >= 11 is 0. The second-order valence-corrected chi connectivity index (χ2v) is 8.58. The van der Waals surface area contributed by atoms with Crippen LogP contribution < -0.4 is 0 Å². The smallest absolute Gasteiger partial charge is 0.0575 e. The van der Waals surface area contributed by atoms with Crippen LogP contribution in [0.4, 0.5) is 0 Å². The third-order valence-corrected chi connectivity index (χ3v) is 6.76. The molecule has 1 aliphatic heterocycles. The largest absolute Gasteiger partial charge is 0.378 e. The molecular formula is C24H38O. The number of hydrogen-bond donors (Lipinski definition) is 0. The molecule has 2 fully saturated rings. The molecule has 1 aromatic rings. The molecule has 2 atom stereocenters. The number of rotatable bonds is 7. The lowest BCUT2D eigenvalue weighted by atomic mass is 9.76. The van der Waals surface area contributed by atoms with Gasteiger partial charge >= 0.3 is 0 Å².